The summed E-state index contributed by atoms with van der Waals surface area (Å²) in [6.07, 6.45) is 6.53. The molecule has 1 aromatic rings. The highest BCUT2D eigenvalue weighted by Crippen LogP contribution is 2.39. The second-order valence-corrected chi connectivity index (χ2v) is 5.74. The van der Waals surface area contributed by atoms with Gasteiger partial charge in [0.15, 0.2) is 0 Å². The maximum Gasteiger partial charge on any atom is 0.108 e. The number of fused-ring (bicyclic) bond motifs is 1. The van der Waals surface area contributed by atoms with Crippen LogP contribution in [0, 0.1) is 5.92 Å². The summed E-state index contributed by atoms with van der Waals surface area (Å²) in [6, 6.07) is 7.85. The van der Waals surface area contributed by atoms with Crippen molar-refractivity contribution in [2.24, 2.45) is 5.92 Å². The van der Waals surface area contributed by atoms with Crippen molar-refractivity contribution in [2.45, 2.75) is 19.3 Å². The molecule has 0 fully saturated rings. The highest BCUT2D eigenvalue weighted by molar-refractivity contribution is 6.36. The van der Waals surface area contributed by atoms with E-state index in [0.29, 0.717) is 10.8 Å². The number of allylic oxidation sites excluding steroid dienone is 3. The summed E-state index contributed by atoms with van der Waals surface area (Å²) in [5, 5.41) is 13.9. The second-order valence-electron chi connectivity index (χ2n) is 4.87. The number of aliphatic hydroxyl groups is 1. The fourth-order valence-electron chi connectivity index (χ4n) is 2.76. The second kappa shape index (κ2) is 5.07. The monoisotopic (exact) mass is 292 g/mol. The molecule has 0 saturated carbocycles. The van der Waals surface area contributed by atoms with Crippen LogP contribution >= 0.6 is 23.2 Å². The van der Waals surface area contributed by atoms with Crippen LogP contribution in [0.5, 0.6) is 0 Å². The lowest BCUT2D eigenvalue weighted by molar-refractivity contribution is 0.444. The molecule has 3 rings (SSSR count). The molecule has 2 aliphatic carbocycles. The SMILES string of the molecule is OC1=c2ccccc2=CCC1C1=C(Cl)CCC=C1Cl. The van der Waals surface area contributed by atoms with Crippen molar-refractivity contribution in [3.05, 3.63) is 56.4 Å². The van der Waals surface area contributed by atoms with E-state index in [9.17, 15) is 5.11 Å². The van der Waals surface area contributed by atoms with Crippen LogP contribution in [0.1, 0.15) is 19.3 Å². The minimum Gasteiger partial charge on any atom is -0.511 e. The maximum atomic E-state index is 10.5. The molecule has 2 aliphatic rings. The predicted octanol–water partition coefficient (Wildman–Crippen LogP) is 3.56. The lowest BCUT2D eigenvalue weighted by Crippen LogP contribution is -2.33. The van der Waals surface area contributed by atoms with Crippen molar-refractivity contribution < 1.29 is 5.11 Å². The third-order valence-electron chi connectivity index (χ3n) is 3.73. The molecule has 0 saturated heterocycles. The van der Waals surface area contributed by atoms with Gasteiger partial charge in [-0.15, -0.1) is 0 Å². The lowest BCUT2D eigenvalue weighted by atomic mass is 9.85. The van der Waals surface area contributed by atoms with Gasteiger partial charge in [-0.3, -0.25) is 0 Å². The zero-order chi connectivity index (χ0) is 13.4. The molecule has 0 aliphatic heterocycles. The number of halogens is 2. The van der Waals surface area contributed by atoms with Crippen LogP contribution in [0.4, 0.5) is 0 Å². The Morgan fingerprint density at radius 2 is 1.89 bits per heavy atom. The Morgan fingerprint density at radius 1 is 1.11 bits per heavy atom. The molecule has 0 amide bonds. The van der Waals surface area contributed by atoms with Crippen molar-refractivity contribution in [3.8, 4) is 0 Å². The quantitative estimate of drug-likeness (QED) is 0.839. The lowest BCUT2D eigenvalue weighted by Gasteiger charge is -2.24. The largest absolute Gasteiger partial charge is 0.511 e. The fraction of sp³-hybridized carbons (Fsp3) is 0.250. The molecule has 1 unspecified atom stereocenters. The standard InChI is InChI=1S/C16H14Cl2O/c17-13-6-3-7-14(18)15(13)12-9-8-10-4-1-2-5-11(10)16(12)19/h1-2,4-6,8,12,19H,3,7,9H2. The Bertz CT molecular complexity index is 698. The molecule has 1 N–H and O–H groups in total. The highest BCUT2D eigenvalue weighted by atomic mass is 35.5. The maximum absolute atomic E-state index is 10.5. The van der Waals surface area contributed by atoms with Crippen molar-refractivity contribution >= 4 is 35.0 Å². The molecule has 1 aromatic carbocycles. The Kier molecular flexibility index (Phi) is 3.42. The average molecular weight is 293 g/mol. The number of aliphatic hydroxyl groups excluding tert-OH is 1. The van der Waals surface area contributed by atoms with Gasteiger partial charge in [0.1, 0.15) is 5.76 Å². The van der Waals surface area contributed by atoms with E-state index in [1.165, 1.54) is 0 Å². The van der Waals surface area contributed by atoms with Crippen molar-refractivity contribution in [1.82, 2.24) is 0 Å². The van der Waals surface area contributed by atoms with Crippen LogP contribution in [0.25, 0.3) is 11.8 Å². The Labute approximate surface area is 122 Å². The zero-order valence-electron chi connectivity index (χ0n) is 10.4. The minimum atomic E-state index is -0.119. The van der Waals surface area contributed by atoms with E-state index in [1.807, 2.05) is 30.3 Å². The molecule has 3 heteroatoms. The van der Waals surface area contributed by atoms with Gasteiger partial charge in [0.25, 0.3) is 0 Å². The minimum absolute atomic E-state index is 0.119. The highest BCUT2D eigenvalue weighted by Gasteiger charge is 2.27. The van der Waals surface area contributed by atoms with Crippen LogP contribution in [0.15, 0.2) is 46.0 Å². The first kappa shape index (κ1) is 12.8. The van der Waals surface area contributed by atoms with Gasteiger partial charge >= 0.3 is 0 Å². The van der Waals surface area contributed by atoms with Gasteiger partial charge in [0.05, 0.1) is 0 Å². The van der Waals surface area contributed by atoms with E-state index in [2.05, 4.69) is 6.08 Å². The van der Waals surface area contributed by atoms with E-state index in [-0.39, 0.29) is 5.92 Å². The van der Waals surface area contributed by atoms with Crippen LogP contribution in [0.2, 0.25) is 0 Å². The summed E-state index contributed by atoms with van der Waals surface area (Å²) < 4.78 is 0. The van der Waals surface area contributed by atoms with E-state index in [1.54, 1.807) is 0 Å². The number of benzene rings is 1. The summed E-state index contributed by atoms with van der Waals surface area (Å²) in [5.41, 5.74) is 0.887. The van der Waals surface area contributed by atoms with Crippen molar-refractivity contribution in [2.75, 3.05) is 0 Å². The van der Waals surface area contributed by atoms with Crippen molar-refractivity contribution in [3.63, 3.8) is 0 Å². The first-order valence-electron chi connectivity index (χ1n) is 6.41. The fourth-order valence-corrected chi connectivity index (χ4v) is 3.51. The van der Waals surface area contributed by atoms with E-state index in [4.69, 9.17) is 23.2 Å². The Morgan fingerprint density at radius 3 is 2.68 bits per heavy atom. The van der Waals surface area contributed by atoms with Crippen LogP contribution in [0.3, 0.4) is 0 Å². The van der Waals surface area contributed by atoms with E-state index < -0.39 is 0 Å². The number of hydrogen-bond donors (Lipinski definition) is 1. The smallest absolute Gasteiger partial charge is 0.108 e. The topological polar surface area (TPSA) is 20.2 Å². The molecule has 0 heterocycles. The van der Waals surface area contributed by atoms with Gasteiger partial charge in [-0.25, -0.2) is 0 Å². The zero-order valence-corrected chi connectivity index (χ0v) is 11.9. The molecule has 1 atom stereocenters. The molecule has 0 aromatic heterocycles. The number of rotatable bonds is 1. The van der Waals surface area contributed by atoms with Gasteiger partial charge in [-0.05, 0) is 30.1 Å². The van der Waals surface area contributed by atoms with Crippen LogP contribution in [-0.2, 0) is 0 Å². The molecular weight excluding hydrogens is 279 g/mol. The van der Waals surface area contributed by atoms with Gasteiger partial charge < -0.3 is 5.11 Å². The van der Waals surface area contributed by atoms with Crippen molar-refractivity contribution in [1.29, 1.82) is 0 Å². The normalized spacial score (nSPS) is 22.7. The third kappa shape index (κ3) is 2.22. The van der Waals surface area contributed by atoms with Gasteiger partial charge in [-0.1, -0.05) is 59.6 Å². The van der Waals surface area contributed by atoms with Gasteiger partial charge in [0, 0.05) is 21.2 Å². The molecule has 0 spiro atoms. The van der Waals surface area contributed by atoms with Gasteiger partial charge in [-0.2, -0.15) is 0 Å². The Balaban J connectivity index is 2.16. The first-order valence-corrected chi connectivity index (χ1v) is 7.17. The molecule has 0 bridgehead atoms. The molecule has 98 valence electrons. The van der Waals surface area contributed by atoms with Crippen LogP contribution in [-0.4, -0.2) is 5.11 Å². The summed E-state index contributed by atoms with van der Waals surface area (Å²) in [7, 11) is 0. The summed E-state index contributed by atoms with van der Waals surface area (Å²) >= 11 is 12.6. The third-order valence-corrected chi connectivity index (χ3v) is 4.48. The van der Waals surface area contributed by atoms with E-state index >= 15 is 0 Å². The summed E-state index contributed by atoms with van der Waals surface area (Å²) in [5.74, 6) is 0.256. The predicted molar refractivity (Wildman–Crippen MR) is 80.3 cm³/mol. The summed E-state index contributed by atoms with van der Waals surface area (Å²) in [4.78, 5) is 0. The summed E-state index contributed by atoms with van der Waals surface area (Å²) in [6.45, 7) is 0. The molecule has 0 radical (unpaired) electrons. The molecular formula is C16H14Cl2O. The van der Waals surface area contributed by atoms with E-state index in [0.717, 1.165) is 40.3 Å². The Hall–Kier alpha value is -1.18. The number of hydrogen-bond acceptors (Lipinski definition) is 1. The molecule has 1 nitrogen and oxygen atoms in total. The molecule has 19 heavy (non-hydrogen) atoms. The van der Waals surface area contributed by atoms with Crippen LogP contribution < -0.4 is 10.4 Å². The van der Waals surface area contributed by atoms with Gasteiger partial charge in [0.2, 0.25) is 0 Å². The first-order chi connectivity index (χ1) is 9.18. The average Bonchev–Trinajstić information content (AvgIpc) is 2.41.